The van der Waals surface area contributed by atoms with Crippen LogP contribution in [-0.2, 0) is 19.8 Å². The van der Waals surface area contributed by atoms with Crippen LogP contribution in [0.25, 0.3) is 11.2 Å². The van der Waals surface area contributed by atoms with E-state index >= 15 is 0 Å². The lowest BCUT2D eigenvalue weighted by molar-refractivity contribution is -0.136. The van der Waals surface area contributed by atoms with Gasteiger partial charge in [-0.2, -0.15) is 13.2 Å². The van der Waals surface area contributed by atoms with Crippen LogP contribution in [0, 0.1) is 11.8 Å². The first-order valence-electron chi connectivity index (χ1n) is 13.8. The van der Waals surface area contributed by atoms with E-state index in [-0.39, 0.29) is 18.4 Å². The number of imidazole rings is 1. The quantitative estimate of drug-likeness (QED) is 0.280. The SMILES string of the molecule is C[C@H]1CCCN(Cc2cc(C(F)(F)F)c3cn(-c4cccc(C(c5nncn5C)C5CC(F)(F)C5)c4)c(=O)n3c2)C1. The molecule has 0 spiro atoms. The molecule has 1 unspecified atom stereocenters. The average Bonchev–Trinajstić information content (AvgIpc) is 3.45. The number of aryl methyl sites for hydroxylation is 1. The Morgan fingerprint density at radius 3 is 2.59 bits per heavy atom. The summed E-state index contributed by atoms with van der Waals surface area (Å²) in [4.78, 5) is 15.7. The Labute approximate surface area is 233 Å². The van der Waals surface area contributed by atoms with Crippen LogP contribution in [0.1, 0.15) is 61.0 Å². The summed E-state index contributed by atoms with van der Waals surface area (Å²) in [5.41, 5.74) is -0.359. The van der Waals surface area contributed by atoms with Crippen molar-refractivity contribution >= 4 is 5.52 Å². The lowest BCUT2D eigenvalue weighted by atomic mass is 9.70. The number of pyridine rings is 1. The van der Waals surface area contributed by atoms with Gasteiger partial charge in [0.2, 0.25) is 5.92 Å². The minimum absolute atomic E-state index is 0.243. The van der Waals surface area contributed by atoms with E-state index in [0.717, 1.165) is 36.4 Å². The van der Waals surface area contributed by atoms with Crippen molar-refractivity contribution in [2.24, 2.45) is 18.9 Å². The molecule has 218 valence electrons. The number of likely N-dealkylation sites (tertiary alicyclic amines) is 1. The third-order valence-corrected chi connectivity index (χ3v) is 8.40. The Morgan fingerprint density at radius 1 is 1.15 bits per heavy atom. The van der Waals surface area contributed by atoms with Crippen LogP contribution in [0.15, 0.2) is 53.8 Å². The molecule has 3 aromatic heterocycles. The Kier molecular flexibility index (Phi) is 6.79. The van der Waals surface area contributed by atoms with Crippen LogP contribution in [0.3, 0.4) is 0 Å². The Bertz CT molecular complexity index is 1630. The highest BCUT2D eigenvalue weighted by molar-refractivity contribution is 5.58. The smallest absolute Gasteiger partial charge is 0.320 e. The molecule has 0 N–H and O–H groups in total. The van der Waals surface area contributed by atoms with Crippen molar-refractivity contribution in [2.75, 3.05) is 13.1 Å². The zero-order valence-corrected chi connectivity index (χ0v) is 22.8. The second-order valence-corrected chi connectivity index (χ2v) is 11.7. The number of piperidine rings is 1. The first-order chi connectivity index (χ1) is 19.4. The van der Waals surface area contributed by atoms with Crippen molar-refractivity contribution in [2.45, 2.75) is 57.2 Å². The Balaban J connectivity index is 1.42. The largest absolute Gasteiger partial charge is 0.418 e. The molecule has 2 fully saturated rings. The van der Waals surface area contributed by atoms with Crippen LogP contribution in [0.4, 0.5) is 22.0 Å². The van der Waals surface area contributed by atoms with Crippen molar-refractivity contribution in [1.82, 2.24) is 28.6 Å². The summed E-state index contributed by atoms with van der Waals surface area (Å²) >= 11 is 0. The molecular formula is C29H31F5N6O. The molecule has 1 aliphatic heterocycles. The van der Waals surface area contributed by atoms with E-state index in [9.17, 15) is 26.7 Å². The number of hydrogen-bond acceptors (Lipinski definition) is 4. The van der Waals surface area contributed by atoms with E-state index in [4.69, 9.17) is 0 Å². The molecule has 7 nitrogen and oxygen atoms in total. The zero-order valence-electron chi connectivity index (χ0n) is 22.8. The zero-order chi connectivity index (χ0) is 29.1. The third kappa shape index (κ3) is 5.29. The molecular weight excluding hydrogens is 543 g/mol. The predicted molar refractivity (Wildman–Crippen MR) is 142 cm³/mol. The molecule has 1 saturated heterocycles. The maximum atomic E-state index is 14.2. The van der Waals surface area contributed by atoms with E-state index in [1.54, 1.807) is 35.9 Å². The maximum absolute atomic E-state index is 14.2. The van der Waals surface area contributed by atoms with Crippen LogP contribution in [0.2, 0.25) is 0 Å². The van der Waals surface area contributed by atoms with Crippen molar-refractivity contribution in [3.8, 4) is 5.69 Å². The number of benzene rings is 1. The highest BCUT2D eigenvalue weighted by Gasteiger charge is 2.50. The highest BCUT2D eigenvalue weighted by Crippen LogP contribution is 2.51. The van der Waals surface area contributed by atoms with Gasteiger partial charge in [-0.25, -0.2) is 13.6 Å². The molecule has 0 radical (unpaired) electrons. The van der Waals surface area contributed by atoms with Gasteiger partial charge in [-0.15, -0.1) is 10.2 Å². The lowest BCUT2D eigenvalue weighted by Crippen LogP contribution is -2.39. The van der Waals surface area contributed by atoms with E-state index in [2.05, 4.69) is 22.0 Å². The fourth-order valence-electron chi connectivity index (χ4n) is 6.45. The first kappa shape index (κ1) is 27.6. The molecule has 0 amide bonds. The molecule has 1 aromatic carbocycles. The summed E-state index contributed by atoms with van der Waals surface area (Å²) in [5.74, 6) is -2.70. The van der Waals surface area contributed by atoms with Crippen molar-refractivity contribution in [1.29, 1.82) is 0 Å². The highest BCUT2D eigenvalue weighted by atomic mass is 19.4. The minimum atomic E-state index is -4.66. The van der Waals surface area contributed by atoms with Crippen molar-refractivity contribution < 1.29 is 22.0 Å². The maximum Gasteiger partial charge on any atom is 0.418 e. The number of rotatable bonds is 6. The fourth-order valence-corrected chi connectivity index (χ4v) is 6.45. The van der Waals surface area contributed by atoms with Crippen LogP contribution in [0.5, 0.6) is 0 Å². The van der Waals surface area contributed by atoms with Gasteiger partial charge in [0.15, 0.2) is 0 Å². The standard InChI is InChI=1S/C29H31F5N6O/c1-18-5-4-8-38(13-18)14-19-9-23(29(32,33)34)24-16-39(27(41)40(24)15-19)22-7-3-6-20(10-22)25(21-11-28(30,31)12-21)26-36-35-17-37(26)2/h3,6-7,9-10,15-18,21,25H,4-5,8,11-14H2,1-2H3/t18-,25?/m0/s1. The number of nitrogens with zero attached hydrogens (tertiary/aromatic N) is 6. The fraction of sp³-hybridized carbons (Fsp3) is 0.483. The van der Waals surface area contributed by atoms with Gasteiger partial charge < -0.3 is 4.57 Å². The minimum Gasteiger partial charge on any atom is -0.320 e. The van der Waals surface area contributed by atoms with E-state index in [1.807, 2.05) is 0 Å². The lowest BCUT2D eigenvalue weighted by Gasteiger charge is -2.39. The summed E-state index contributed by atoms with van der Waals surface area (Å²) in [6, 6.07) is 7.86. The van der Waals surface area contributed by atoms with Gasteiger partial charge >= 0.3 is 11.9 Å². The van der Waals surface area contributed by atoms with Crippen LogP contribution < -0.4 is 5.69 Å². The van der Waals surface area contributed by atoms with Crippen molar-refractivity contribution in [3.05, 3.63) is 82.1 Å². The first-order valence-corrected chi connectivity index (χ1v) is 13.8. The second kappa shape index (κ2) is 10.1. The summed E-state index contributed by atoms with van der Waals surface area (Å²) < 4.78 is 74.3. The number of fused-ring (bicyclic) bond motifs is 1. The van der Waals surface area contributed by atoms with Gasteiger partial charge in [0.1, 0.15) is 12.2 Å². The molecule has 1 saturated carbocycles. The monoisotopic (exact) mass is 574 g/mol. The van der Waals surface area contributed by atoms with Gasteiger partial charge in [-0.05, 0) is 60.5 Å². The predicted octanol–water partition coefficient (Wildman–Crippen LogP) is 5.65. The van der Waals surface area contributed by atoms with Crippen molar-refractivity contribution in [3.63, 3.8) is 0 Å². The van der Waals surface area contributed by atoms with Gasteiger partial charge in [-0.3, -0.25) is 13.9 Å². The van der Waals surface area contributed by atoms with E-state index < -0.39 is 35.2 Å². The average molecular weight is 575 g/mol. The molecule has 2 aliphatic rings. The Hall–Kier alpha value is -3.54. The summed E-state index contributed by atoms with van der Waals surface area (Å²) in [6.45, 7) is 4.04. The molecule has 4 heterocycles. The normalized spacial score (nSPS) is 20.8. The molecule has 4 aromatic rings. The molecule has 41 heavy (non-hydrogen) atoms. The second-order valence-electron chi connectivity index (χ2n) is 11.7. The van der Waals surface area contributed by atoms with E-state index in [1.165, 1.54) is 23.3 Å². The van der Waals surface area contributed by atoms with Gasteiger partial charge in [-0.1, -0.05) is 19.1 Å². The van der Waals surface area contributed by atoms with E-state index in [0.29, 0.717) is 35.1 Å². The molecule has 0 bridgehead atoms. The molecule has 1 aliphatic carbocycles. The molecule has 6 rings (SSSR count). The third-order valence-electron chi connectivity index (χ3n) is 8.40. The van der Waals surface area contributed by atoms with Gasteiger partial charge in [0.05, 0.1) is 16.8 Å². The number of hydrogen-bond donors (Lipinski definition) is 0. The number of aromatic nitrogens is 5. The molecule has 12 heteroatoms. The van der Waals surface area contributed by atoms with Crippen LogP contribution in [-0.4, -0.2) is 47.6 Å². The number of halogens is 5. The molecule has 2 atom stereocenters. The Morgan fingerprint density at radius 2 is 1.93 bits per heavy atom. The summed E-state index contributed by atoms with van der Waals surface area (Å²) in [5, 5.41) is 8.08. The topological polar surface area (TPSA) is 60.4 Å². The van der Waals surface area contributed by atoms with Gasteiger partial charge in [0.25, 0.3) is 0 Å². The van der Waals surface area contributed by atoms with Gasteiger partial charge in [0, 0.05) is 51.3 Å². The van der Waals surface area contributed by atoms with Crippen LogP contribution >= 0.6 is 0 Å². The summed E-state index contributed by atoms with van der Waals surface area (Å²) in [6.07, 6.45) is 0.979. The summed E-state index contributed by atoms with van der Waals surface area (Å²) in [7, 11) is 1.73. The number of alkyl halides is 5.